The fourth-order valence-corrected chi connectivity index (χ4v) is 4.38. The second-order valence-electron chi connectivity index (χ2n) is 5.82. The molecular formula is C16H20N2O2S. The Morgan fingerprint density at radius 3 is 2.57 bits per heavy atom. The van der Waals surface area contributed by atoms with Gasteiger partial charge in [-0.2, -0.15) is 0 Å². The molecule has 1 aromatic rings. The van der Waals surface area contributed by atoms with Gasteiger partial charge in [-0.3, -0.25) is 9.59 Å². The lowest BCUT2D eigenvalue weighted by atomic mass is 10.0. The molecule has 4 nitrogen and oxygen atoms in total. The van der Waals surface area contributed by atoms with Crippen molar-refractivity contribution in [3.63, 3.8) is 0 Å². The maximum Gasteiger partial charge on any atom is 0.252 e. The van der Waals surface area contributed by atoms with Crippen molar-refractivity contribution < 1.29 is 9.59 Å². The van der Waals surface area contributed by atoms with Crippen molar-refractivity contribution in [2.45, 2.75) is 35.8 Å². The standard InChI is InChI=1S/C16H20N2O2S/c1-16(15(20)18-10-6-3-7-11-18)14(19)17(2)12-8-4-5-9-13(12)21-16/h4-5,8-9H,3,6-7,10-11H2,1-2H3/t16-/m0/s1. The molecule has 1 atom stereocenters. The highest BCUT2D eigenvalue weighted by Crippen LogP contribution is 2.45. The van der Waals surface area contributed by atoms with E-state index in [0.29, 0.717) is 0 Å². The van der Waals surface area contributed by atoms with Crippen LogP contribution in [0.2, 0.25) is 0 Å². The van der Waals surface area contributed by atoms with E-state index >= 15 is 0 Å². The number of anilines is 1. The summed E-state index contributed by atoms with van der Waals surface area (Å²) in [5.41, 5.74) is 0.886. The molecule has 5 heteroatoms. The first-order chi connectivity index (χ1) is 10.0. The van der Waals surface area contributed by atoms with Gasteiger partial charge in [0.15, 0.2) is 4.75 Å². The predicted octanol–water partition coefficient (Wildman–Crippen LogP) is 2.53. The fourth-order valence-electron chi connectivity index (χ4n) is 3.05. The van der Waals surface area contributed by atoms with E-state index < -0.39 is 4.75 Å². The molecule has 0 spiro atoms. The number of benzene rings is 1. The van der Waals surface area contributed by atoms with E-state index in [9.17, 15) is 9.59 Å². The summed E-state index contributed by atoms with van der Waals surface area (Å²) in [6.07, 6.45) is 3.24. The Kier molecular flexibility index (Phi) is 3.69. The first-order valence-corrected chi connectivity index (χ1v) is 8.21. The molecule has 2 aliphatic rings. The summed E-state index contributed by atoms with van der Waals surface area (Å²) in [6.45, 7) is 3.31. The van der Waals surface area contributed by atoms with Crippen LogP contribution in [0.15, 0.2) is 29.2 Å². The zero-order valence-corrected chi connectivity index (χ0v) is 13.3. The van der Waals surface area contributed by atoms with Gasteiger partial charge in [0.1, 0.15) is 0 Å². The van der Waals surface area contributed by atoms with E-state index in [2.05, 4.69) is 0 Å². The molecule has 1 fully saturated rings. The van der Waals surface area contributed by atoms with E-state index in [-0.39, 0.29) is 11.8 Å². The van der Waals surface area contributed by atoms with Crippen molar-refractivity contribution in [2.75, 3.05) is 25.0 Å². The molecule has 0 radical (unpaired) electrons. The molecule has 0 aromatic heterocycles. The lowest BCUT2D eigenvalue weighted by molar-refractivity contribution is -0.139. The van der Waals surface area contributed by atoms with Gasteiger partial charge in [-0.1, -0.05) is 23.9 Å². The van der Waals surface area contributed by atoms with Crippen LogP contribution < -0.4 is 4.90 Å². The lowest BCUT2D eigenvalue weighted by Gasteiger charge is -2.40. The van der Waals surface area contributed by atoms with Crippen LogP contribution >= 0.6 is 11.8 Å². The molecule has 3 rings (SSSR count). The zero-order chi connectivity index (χ0) is 15.0. The van der Waals surface area contributed by atoms with Crippen molar-refractivity contribution in [2.24, 2.45) is 0 Å². The number of amides is 2. The topological polar surface area (TPSA) is 40.6 Å². The molecule has 2 heterocycles. The van der Waals surface area contributed by atoms with Crippen LogP contribution in [0.4, 0.5) is 5.69 Å². The van der Waals surface area contributed by atoms with Crippen molar-refractivity contribution in [1.82, 2.24) is 4.90 Å². The third-order valence-corrected chi connectivity index (χ3v) is 5.63. The highest BCUT2D eigenvalue weighted by molar-refractivity contribution is 8.02. The summed E-state index contributed by atoms with van der Waals surface area (Å²) >= 11 is 1.39. The van der Waals surface area contributed by atoms with Crippen molar-refractivity contribution in [1.29, 1.82) is 0 Å². The maximum atomic E-state index is 12.9. The summed E-state index contributed by atoms with van der Waals surface area (Å²) in [7, 11) is 1.75. The smallest absolute Gasteiger partial charge is 0.252 e. The Hall–Kier alpha value is -1.49. The number of carbonyl (C=O) groups is 2. The second-order valence-corrected chi connectivity index (χ2v) is 7.28. The fraction of sp³-hybridized carbons (Fsp3) is 0.500. The Morgan fingerprint density at radius 1 is 1.19 bits per heavy atom. The average Bonchev–Trinajstić information content (AvgIpc) is 2.53. The van der Waals surface area contributed by atoms with Gasteiger partial charge in [-0.25, -0.2) is 0 Å². The van der Waals surface area contributed by atoms with Crippen molar-refractivity contribution in [3.05, 3.63) is 24.3 Å². The Bertz CT molecular complexity index is 583. The molecule has 0 unspecified atom stereocenters. The number of rotatable bonds is 1. The van der Waals surface area contributed by atoms with Crippen LogP contribution in [0, 0.1) is 0 Å². The number of thioether (sulfide) groups is 1. The summed E-state index contributed by atoms with van der Waals surface area (Å²) in [5, 5.41) is 0. The van der Waals surface area contributed by atoms with Gasteiger partial charge in [-0.05, 0) is 38.3 Å². The minimum Gasteiger partial charge on any atom is -0.341 e. The number of hydrogen-bond acceptors (Lipinski definition) is 3. The first-order valence-electron chi connectivity index (χ1n) is 7.39. The number of hydrogen-bond donors (Lipinski definition) is 0. The maximum absolute atomic E-state index is 12.9. The highest BCUT2D eigenvalue weighted by atomic mass is 32.2. The van der Waals surface area contributed by atoms with E-state index in [1.54, 1.807) is 18.9 Å². The zero-order valence-electron chi connectivity index (χ0n) is 12.5. The quantitative estimate of drug-likeness (QED) is 0.749. The van der Waals surface area contributed by atoms with Crippen molar-refractivity contribution in [3.8, 4) is 0 Å². The van der Waals surface area contributed by atoms with Crippen LogP contribution in [-0.2, 0) is 9.59 Å². The number of nitrogens with zero attached hydrogens (tertiary/aromatic N) is 2. The normalized spacial score (nSPS) is 25.7. The van der Waals surface area contributed by atoms with Crippen LogP contribution in [0.1, 0.15) is 26.2 Å². The minimum atomic E-state index is -1.04. The molecular weight excluding hydrogens is 284 g/mol. The number of para-hydroxylation sites is 1. The first kappa shape index (κ1) is 14.4. The summed E-state index contributed by atoms with van der Waals surface area (Å²) < 4.78 is -1.04. The van der Waals surface area contributed by atoms with Gasteiger partial charge in [0.2, 0.25) is 5.91 Å². The molecule has 0 bridgehead atoms. The molecule has 1 aromatic carbocycles. The highest BCUT2D eigenvalue weighted by Gasteiger charge is 2.49. The van der Waals surface area contributed by atoms with Crippen molar-refractivity contribution >= 4 is 29.3 Å². The summed E-state index contributed by atoms with van der Waals surface area (Å²) in [5.74, 6) is -0.166. The third-order valence-electron chi connectivity index (χ3n) is 4.30. The van der Waals surface area contributed by atoms with E-state index in [1.165, 1.54) is 18.2 Å². The third kappa shape index (κ3) is 2.33. The SMILES string of the molecule is CN1C(=O)[C@@](C)(C(=O)N2CCCCC2)Sc2ccccc21. The van der Waals surface area contributed by atoms with Gasteiger partial charge < -0.3 is 9.80 Å². The van der Waals surface area contributed by atoms with E-state index in [4.69, 9.17) is 0 Å². The van der Waals surface area contributed by atoms with E-state index in [1.807, 2.05) is 29.2 Å². The molecule has 112 valence electrons. The summed E-state index contributed by atoms with van der Waals surface area (Å²) in [4.78, 5) is 30.1. The Balaban J connectivity index is 1.94. The summed E-state index contributed by atoms with van der Waals surface area (Å²) in [6, 6.07) is 7.76. The van der Waals surface area contributed by atoms with Gasteiger partial charge in [0.25, 0.3) is 5.91 Å². The molecule has 0 N–H and O–H groups in total. The lowest BCUT2D eigenvalue weighted by Crippen LogP contribution is -2.57. The van der Waals surface area contributed by atoms with Crippen LogP contribution in [-0.4, -0.2) is 41.6 Å². The van der Waals surface area contributed by atoms with Crippen LogP contribution in [0.25, 0.3) is 0 Å². The molecule has 2 aliphatic heterocycles. The number of likely N-dealkylation sites (tertiary alicyclic amines) is 1. The predicted molar refractivity (Wildman–Crippen MR) is 84.5 cm³/mol. The molecule has 21 heavy (non-hydrogen) atoms. The van der Waals surface area contributed by atoms with Gasteiger partial charge in [0.05, 0.1) is 5.69 Å². The van der Waals surface area contributed by atoms with Gasteiger partial charge in [-0.15, -0.1) is 0 Å². The number of carbonyl (C=O) groups excluding carboxylic acids is 2. The Labute approximate surface area is 129 Å². The minimum absolute atomic E-state index is 0.0430. The van der Waals surface area contributed by atoms with Gasteiger partial charge in [0, 0.05) is 25.0 Å². The largest absolute Gasteiger partial charge is 0.341 e. The second kappa shape index (κ2) is 5.37. The molecule has 2 amide bonds. The van der Waals surface area contributed by atoms with Crippen LogP contribution in [0.5, 0.6) is 0 Å². The van der Waals surface area contributed by atoms with Crippen LogP contribution in [0.3, 0.4) is 0 Å². The van der Waals surface area contributed by atoms with Gasteiger partial charge >= 0.3 is 0 Å². The van der Waals surface area contributed by atoms with E-state index in [0.717, 1.165) is 36.5 Å². The monoisotopic (exact) mass is 304 g/mol. The molecule has 1 saturated heterocycles. The molecule has 0 aliphatic carbocycles. The average molecular weight is 304 g/mol. The molecule has 0 saturated carbocycles. The number of fused-ring (bicyclic) bond motifs is 1. The number of piperidine rings is 1. The Morgan fingerprint density at radius 2 is 1.86 bits per heavy atom.